The molecule has 3 atom stereocenters. The van der Waals surface area contributed by atoms with Crippen LogP contribution in [0.5, 0.6) is 0 Å². The molecule has 0 aromatic heterocycles. The molecule has 2 fully saturated rings. The summed E-state index contributed by atoms with van der Waals surface area (Å²) in [7, 11) is 0. The van der Waals surface area contributed by atoms with Crippen molar-refractivity contribution in [2.45, 2.75) is 39.5 Å². The van der Waals surface area contributed by atoms with Crippen LogP contribution in [-0.4, -0.2) is 17.6 Å². The first-order chi connectivity index (χ1) is 6.96. The minimum Gasteiger partial charge on any atom is -0.481 e. The lowest BCUT2D eigenvalue weighted by atomic mass is 9.70. The van der Waals surface area contributed by atoms with Gasteiger partial charge < -0.3 is 10.8 Å². The summed E-state index contributed by atoms with van der Waals surface area (Å²) in [6.07, 6.45) is 4.16. The Morgan fingerprint density at radius 1 is 1.40 bits per heavy atom. The lowest BCUT2D eigenvalue weighted by Crippen LogP contribution is -2.35. The van der Waals surface area contributed by atoms with Crippen LogP contribution in [0.15, 0.2) is 0 Å². The monoisotopic (exact) mass is 211 g/mol. The number of aliphatic carboxylic acids is 1. The second-order valence-electron chi connectivity index (χ2n) is 5.90. The third kappa shape index (κ3) is 1.40. The molecule has 3 N–H and O–H groups in total. The topological polar surface area (TPSA) is 63.3 Å². The standard InChI is InChI=1S/C12H21NO2/c1-8-3-9(2)5-11(4-8)6-12(11,7-13)10(14)15/h8-9H,3-7,13H2,1-2H3,(H,14,15). The van der Waals surface area contributed by atoms with E-state index >= 15 is 0 Å². The van der Waals surface area contributed by atoms with E-state index in [4.69, 9.17) is 5.73 Å². The van der Waals surface area contributed by atoms with Crippen molar-refractivity contribution in [1.82, 2.24) is 0 Å². The predicted molar refractivity (Wildman–Crippen MR) is 58.4 cm³/mol. The van der Waals surface area contributed by atoms with E-state index in [0.717, 1.165) is 19.3 Å². The van der Waals surface area contributed by atoms with Crippen LogP contribution in [0, 0.1) is 22.7 Å². The summed E-state index contributed by atoms with van der Waals surface area (Å²) in [4.78, 5) is 11.3. The van der Waals surface area contributed by atoms with Gasteiger partial charge in [-0.2, -0.15) is 0 Å². The van der Waals surface area contributed by atoms with Crippen LogP contribution < -0.4 is 5.73 Å². The fraction of sp³-hybridized carbons (Fsp3) is 0.917. The average molecular weight is 211 g/mol. The summed E-state index contributed by atoms with van der Waals surface area (Å²) in [6.45, 7) is 4.78. The van der Waals surface area contributed by atoms with Crippen LogP contribution >= 0.6 is 0 Å². The van der Waals surface area contributed by atoms with E-state index in [9.17, 15) is 9.90 Å². The molecule has 3 nitrogen and oxygen atoms in total. The smallest absolute Gasteiger partial charge is 0.311 e. The highest BCUT2D eigenvalue weighted by Crippen LogP contribution is 2.71. The van der Waals surface area contributed by atoms with Gasteiger partial charge >= 0.3 is 5.97 Å². The fourth-order valence-electron chi connectivity index (χ4n) is 4.02. The van der Waals surface area contributed by atoms with Crippen LogP contribution in [0.4, 0.5) is 0 Å². The number of carboxylic acids is 1. The summed E-state index contributed by atoms with van der Waals surface area (Å²) in [6, 6.07) is 0. The molecule has 15 heavy (non-hydrogen) atoms. The van der Waals surface area contributed by atoms with Crippen LogP contribution in [0.3, 0.4) is 0 Å². The van der Waals surface area contributed by atoms with E-state index in [1.54, 1.807) is 0 Å². The molecule has 0 saturated heterocycles. The zero-order chi connectivity index (χ0) is 11.3. The molecule has 0 heterocycles. The van der Waals surface area contributed by atoms with Crippen molar-refractivity contribution in [2.75, 3.05) is 6.54 Å². The maximum atomic E-state index is 11.3. The van der Waals surface area contributed by atoms with Crippen molar-refractivity contribution < 1.29 is 9.90 Å². The zero-order valence-electron chi connectivity index (χ0n) is 9.62. The van der Waals surface area contributed by atoms with E-state index in [1.165, 1.54) is 6.42 Å². The number of carboxylic acid groups (broad SMARTS) is 1. The van der Waals surface area contributed by atoms with Gasteiger partial charge in [-0.3, -0.25) is 4.79 Å². The van der Waals surface area contributed by atoms with Gasteiger partial charge in [0.25, 0.3) is 0 Å². The number of hydrogen-bond donors (Lipinski definition) is 2. The molecule has 0 radical (unpaired) electrons. The van der Waals surface area contributed by atoms with Crippen molar-refractivity contribution in [3.63, 3.8) is 0 Å². The summed E-state index contributed by atoms with van der Waals surface area (Å²) >= 11 is 0. The third-order valence-electron chi connectivity index (χ3n) is 4.57. The molecule has 3 heteroatoms. The Morgan fingerprint density at radius 2 is 1.93 bits per heavy atom. The molecule has 0 amide bonds. The van der Waals surface area contributed by atoms with Gasteiger partial charge in [0.2, 0.25) is 0 Å². The predicted octanol–water partition coefficient (Wildman–Crippen LogP) is 1.86. The van der Waals surface area contributed by atoms with Crippen molar-refractivity contribution in [3.8, 4) is 0 Å². The summed E-state index contributed by atoms with van der Waals surface area (Å²) in [5.41, 5.74) is 5.13. The lowest BCUT2D eigenvalue weighted by Gasteiger charge is -2.34. The Bertz CT molecular complexity index is 279. The first kappa shape index (κ1) is 10.9. The maximum absolute atomic E-state index is 11.3. The van der Waals surface area contributed by atoms with Crippen LogP contribution in [0.25, 0.3) is 0 Å². The van der Waals surface area contributed by atoms with Crippen LogP contribution in [0.1, 0.15) is 39.5 Å². The van der Waals surface area contributed by atoms with Gasteiger partial charge in [-0.1, -0.05) is 13.8 Å². The van der Waals surface area contributed by atoms with Gasteiger partial charge in [-0.25, -0.2) is 0 Å². The largest absolute Gasteiger partial charge is 0.481 e. The number of carbonyl (C=O) groups is 1. The van der Waals surface area contributed by atoms with Crippen molar-refractivity contribution in [1.29, 1.82) is 0 Å². The minimum atomic E-state index is -0.675. The van der Waals surface area contributed by atoms with E-state index in [-0.39, 0.29) is 5.41 Å². The Morgan fingerprint density at radius 3 is 2.27 bits per heavy atom. The highest BCUT2D eigenvalue weighted by Gasteiger charge is 2.71. The molecule has 1 spiro atoms. The molecule has 2 aliphatic rings. The van der Waals surface area contributed by atoms with E-state index in [0.29, 0.717) is 18.4 Å². The molecule has 0 aromatic rings. The highest BCUT2D eigenvalue weighted by molar-refractivity contribution is 5.80. The normalized spacial score (nSPS) is 49.3. The summed E-state index contributed by atoms with van der Waals surface area (Å²) in [5.74, 6) is 0.634. The van der Waals surface area contributed by atoms with Gasteiger partial charge in [0.15, 0.2) is 0 Å². The molecule has 2 saturated carbocycles. The molecule has 2 aliphatic carbocycles. The summed E-state index contributed by atoms with van der Waals surface area (Å²) in [5, 5.41) is 9.31. The SMILES string of the molecule is CC1CC(C)CC2(C1)CC2(CN)C(=O)O. The van der Waals surface area contributed by atoms with E-state index in [1.807, 2.05) is 0 Å². The second kappa shape index (κ2) is 3.21. The van der Waals surface area contributed by atoms with Crippen molar-refractivity contribution in [3.05, 3.63) is 0 Å². The third-order valence-corrected chi connectivity index (χ3v) is 4.57. The quantitative estimate of drug-likeness (QED) is 0.732. The Balaban J connectivity index is 2.20. The minimum absolute atomic E-state index is 0.0324. The van der Waals surface area contributed by atoms with E-state index in [2.05, 4.69) is 13.8 Å². The zero-order valence-corrected chi connectivity index (χ0v) is 9.62. The highest BCUT2D eigenvalue weighted by atomic mass is 16.4. The number of hydrogen-bond acceptors (Lipinski definition) is 2. The number of nitrogens with two attached hydrogens (primary N) is 1. The van der Waals surface area contributed by atoms with Crippen molar-refractivity contribution in [2.24, 2.45) is 28.4 Å². The molecule has 0 bridgehead atoms. The average Bonchev–Trinajstić information content (AvgIpc) is 2.71. The summed E-state index contributed by atoms with van der Waals surface area (Å²) < 4.78 is 0. The second-order valence-corrected chi connectivity index (χ2v) is 5.90. The molecular weight excluding hydrogens is 190 g/mol. The Labute approximate surface area is 91.0 Å². The Hall–Kier alpha value is -0.570. The van der Waals surface area contributed by atoms with Gasteiger partial charge in [0.1, 0.15) is 0 Å². The first-order valence-corrected chi connectivity index (χ1v) is 5.89. The van der Waals surface area contributed by atoms with E-state index < -0.39 is 11.4 Å². The van der Waals surface area contributed by atoms with Gasteiger partial charge in [0.05, 0.1) is 5.41 Å². The first-order valence-electron chi connectivity index (χ1n) is 5.89. The molecular formula is C12H21NO2. The van der Waals surface area contributed by atoms with Gasteiger partial charge in [-0.15, -0.1) is 0 Å². The number of rotatable bonds is 2. The maximum Gasteiger partial charge on any atom is 0.311 e. The van der Waals surface area contributed by atoms with Gasteiger partial charge in [-0.05, 0) is 42.9 Å². The van der Waals surface area contributed by atoms with Crippen molar-refractivity contribution >= 4 is 5.97 Å². The molecule has 86 valence electrons. The fourth-order valence-corrected chi connectivity index (χ4v) is 4.02. The van der Waals surface area contributed by atoms with Crippen LogP contribution in [0.2, 0.25) is 0 Å². The molecule has 2 rings (SSSR count). The Kier molecular flexibility index (Phi) is 2.34. The van der Waals surface area contributed by atoms with Crippen LogP contribution in [-0.2, 0) is 4.79 Å². The molecule has 0 aliphatic heterocycles. The van der Waals surface area contributed by atoms with Gasteiger partial charge in [0, 0.05) is 6.54 Å². The molecule has 0 aromatic carbocycles. The lowest BCUT2D eigenvalue weighted by molar-refractivity contribution is -0.145. The molecule has 3 unspecified atom stereocenters.